The number of nitrogens with zero attached hydrogens (tertiary/aromatic N) is 2. The van der Waals surface area contributed by atoms with Gasteiger partial charge in [0.1, 0.15) is 12.6 Å². The summed E-state index contributed by atoms with van der Waals surface area (Å²) in [4.78, 5) is 28.2. The van der Waals surface area contributed by atoms with Crippen LogP contribution in [0, 0.1) is 6.92 Å². The van der Waals surface area contributed by atoms with E-state index in [1.54, 1.807) is 12.1 Å². The minimum absolute atomic E-state index is 0.0880. The first kappa shape index (κ1) is 29.4. The van der Waals surface area contributed by atoms with Crippen molar-refractivity contribution in [2.45, 2.75) is 72.4 Å². The first-order chi connectivity index (χ1) is 16.8. The second-order valence-corrected chi connectivity index (χ2v) is 12.2. The average Bonchev–Trinajstić information content (AvgIpc) is 2.81. The van der Waals surface area contributed by atoms with Crippen molar-refractivity contribution in [2.75, 3.05) is 23.7 Å². The van der Waals surface area contributed by atoms with E-state index in [2.05, 4.69) is 26.1 Å². The van der Waals surface area contributed by atoms with Gasteiger partial charge in [0.2, 0.25) is 21.8 Å². The fourth-order valence-electron chi connectivity index (χ4n) is 3.92. The molecule has 0 aliphatic rings. The van der Waals surface area contributed by atoms with Gasteiger partial charge in [-0.25, -0.2) is 8.42 Å². The SMILES string of the molecule is CCCNC(=O)[C@H](CC)N(Cc1ccc(C)cc1)C(=O)CN(c1ccc(C(C)(C)C)cc1)S(C)(=O)=O. The van der Waals surface area contributed by atoms with E-state index in [0.29, 0.717) is 18.7 Å². The Hall–Kier alpha value is -2.87. The maximum atomic E-state index is 13.7. The monoisotopic (exact) mass is 515 g/mol. The van der Waals surface area contributed by atoms with E-state index in [4.69, 9.17) is 0 Å². The fraction of sp³-hybridized carbons (Fsp3) is 0.500. The van der Waals surface area contributed by atoms with Gasteiger partial charge in [-0.15, -0.1) is 0 Å². The average molecular weight is 516 g/mol. The highest BCUT2D eigenvalue weighted by molar-refractivity contribution is 7.92. The van der Waals surface area contributed by atoms with Gasteiger partial charge >= 0.3 is 0 Å². The predicted octanol–water partition coefficient (Wildman–Crippen LogP) is 4.39. The highest BCUT2D eigenvalue weighted by Gasteiger charge is 2.31. The molecule has 2 rings (SSSR count). The third-order valence-electron chi connectivity index (χ3n) is 6.11. The molecule has 0 heterocycles. The third kappa shape index (κ3) is 8.08. The van der Waals surface area contributed by atoms with Crippen molar-refractivity contribution >= 4 is 27.5 Å². The molecule has 0 aliphatic heterocycles. The van der Waals surface area contributed by atoms with Crippen molar-refractivity contribution in [1.29, 1.82) is 0 Å². The molecule has 2 amide bonds. The lowest BCUT2D eigenvalue weighted by atomic mass is 9.87. The van der Waals surface area contributed by atoms with Gasteiger partial charge in [0, 0.05) is 13.1 Å². The van der Waals surface area contributed by atoms with Crippen molar-refractivity contribution in [1.82, 2.24) is 10.2 Å². The lowest BCUT2D eigenvalue weighted by molar-refractivity contribution is -0.140. The van der Waals surface area contributed by atoms with Crippen LogP contribution >= 0.6 is 0 Å². The van der Waals surface area contributed by atoms with Crippen LogP contribution in [0.25, 0.3) is 0 Å². The summed E-state index contributed by atoms with van der Waals surface area (Å²) in [5.41, 5.74) is 3.35. The largest absolute Gasteiger partial charge is 0.354 e. The molecule has 36 heavy (non-hydrogen) atoms. The van der Waals surface area contributed by atoms with Crippen LogP contribution in [0.3, 0.4) is 0 Å². The van der Waals surface area contributed by atoms with E-state index in [0.717, 1.165) is 33.7 Å². The van der Waals surface area contributed by atoms with Crippen LogP contribution in [0.1, 0.15) is 64.2 Å². The quantitative estimate of drug-likeness (QED) is 0.481. The van der Waals surface area contributed by atoms with E-state index in [-0.39, 0.29) is 17.9 Å². The second kappa shape index (κ2) is 12.4. The molecule has 0 saturated carbocycles. The van der Waals surface area contributed by atoms with Gasteiger partial charge in [0.05, 0.1) is 11.9 Å². The highest BCUT2D eigenvalue weighted by Crippen LogP contribution is 2.26. The first-order valence-electron chi connectivity index (χ1n) is 12.5. The van der Waals surface area contributed by atoms with E-state index in [1.165, 1.54) is 4.90 Å². The number of aryl methyl sites for hydroxylation is 1. The number of hydrogen-bond acceptors (Lipinski definition) is 4. The van der Waals surface area contributed by atoms with E-state index in [9.17, 15) is 18.0 Å². The van der Waals surface area contributed by atoms with Crippen LogP contribution < -0.4 is 9.62 Å². The Balaban J connectivity index is 2.42. The Kier molecular flexibility index (Phi) is 10.1. The van der Waals surface area contributed by atoms with Crippen molar-refractivity contribution in [3.8, 4) is 0 Å². The molecule has 198 valence electrons. The number of rotatable bonds is 11. The normalized spacial score (nSPS) is 12.6. The fourth-order valence-corrected chi connectivity index (χ4v) is 4.77. The molecule has 0 unspecified atom stereocenters. The molecule has 0 aliphatic carbocycles. The van der Waals surface area contributed by atoms with Crippen LogP contribution in [-0.2, 0) is 31.6 Å². The Labute approximate surface area is 216 Å². The van der Waals surface area contributed by atoms with E-state index < -0.39 is 28.5 Å². The minimum Gasteiger partial charge on any atom is -0.354 e. The zero-order valence-corrected chi connectivity index (χ0v) is 23.5. The number of anilines is 1. The van der Waals surface area contributed by atoms with E-state index in [1.807, 2.05) is 57.2 Å². The van der Waals surface area contributed by atoms with Crippen LogP contribution in [0.4, 0.5) is 5.69 Å². The Morgan fingerprint density at radius 1 is 0.972 bits per heavy atom. The van der Waals surface area contributed by atoms with Gasteiger partial charge in [-0.3, -0.25) is 13.9 Å². The Morgan fingerprint density at radius 2 is 1.56 bits per heavy atom. The van der Waals surface area contributed by atoms with Crippen molar-refractivity contribution in [3.05, 3.63) is 65.2 Å². The summed E-state index contributed by atoms with van der Waals surface area (Å²) < 4.78 is 26.6. The van der Waals surface area contributed by atoms with Gasteiger partial charge in [-0.2, -0.15) is 0 Å². The standard InChI is InChI=1S/C28H41N3O4S/c1-8-18-29-27(33)25(9-2)30(19-22-12-10-21(3)11-13-22)26(32)20-31(36(7,34)35)24-16-14-23(15-17-24)28(4,5)6/h10-17,25H,8-9,18-20H2,1-7H3,(H,29,33)/t25-/m0/s1. The number of sulfonamides is 1. The zero-order chi connectivity index (χ0) is 27.1. The lowest BCUT2D eigenvalue weighted by Crippen LogP contribution is -2.52. The summed E-state index contributed by atoms with van der Waals surface area (Å²) >= 11 is 0. The van der Waals surface area contributed by atoms with Crippen LogP contribution in [0.5, 0.6) is 0 Å². The van der Waals surface area contributed by atoms with Gasteiger partial charge in [-0.05, 0) is 48.4 Å². The molecule has 0 fully saturated rings. The molecule has 7 nitrogen and oxygen atoms in total. The molecule has 2 aromatic rings. The molecule has 0 saturated heterocycles. The molecule has 0 aromatic heterocycles. The number of benzene rings is 2. The summed E-state index contributed by atoms with van der Waals surface area (Å²) in [7, 11) is -3.75. The Bertz CT molecular complexity index is 1120. The van der Waals surface area contributed by atoms with E-state index >= 15 is 0 Å². The van der Waals surface area contributed by atoms with Crippen molar-refractivity contribution in [2.24, 2.45) is 0 Å². The van der Waals surface area contributed by atoms with Gasteiger partial charge in [0.25, 0.3) is 0 Å². The molecule has 0 spiro atoms. The van der Waals surface area contributed by atoms with Gasteiger partial charge < -0.3 is 10.2 Å². The number of hydrogen-bond donors (Lipinski definition) is 1. The zero-order valence-electron chi connectivity index (χ0n) is 22.7. The molecule has 0 bridgehead atoms. The number of carbonyl (C=O) groups is 2. The minimum atomic E-state index is -3.75. The molecule has 1 atom stereocenters. The van der Waals surface area contributed by atoms with Crippen LogP contribution in [0.2, 0.25) is 0 Å². The maximum Gasteiger partial charge on any atom is 0.244 e. The first-order valence-corrected chi connectivity index (χ1v) is 14.3. The third-order valence-corrected chi connectivity index (χ3v) is 7.25. The summed E-state index contributed by atoms with van der Waals surface area (Å²) in [5, 5.41) is 2.88. The smallest absolute Gasteiger partial charge is 0.244 e. The summed E-state index contributed by atoms with van der Waals surface area (Å²) in [6, 6.07) is 14.3. The molecule has 0 radical (unpaired) electrons. The maximum absolute atomic E-state index is 13.7. The highest BCUT2D eigenvalue weighted by atomic mass is 32.2. The molecular formula is C28H41N3O4S. The number of amides is 2. The topological polar surface area (TPSA) is 86.8 Å². The summed E-state index contributed by atoms with van der Waals surface area (Å²) in [6.45, 7) is 12.4. The van der Waals surface area contributed by atoms with Crippen LogP contribution in [-0.4, -0.2) is 50.5 Å². The lowest BCUT2D eigenvalue weighted by Gasteiger charge is -2.33. The summed E-state index contributed by atoms with van der Waals surface area (Å²) in [5.74, 6) is -0.667. The molecular weight excluding hydrogens is 474 g/mol. The summed E-state index contributed by atoms with van der Waals surface area (Å²) in [6.07, 6.45) is 2.28. The number of nitrogens with one attached hydrogen (secondary N) is 1. The van der Waals surface area contributed by atoms with Crippen molar-refractivity contribution in [3.63, 3.8) is 0 Å². The number of carbonyl (C=O) groups excluding carboxylic acids is 2. The molecule has 8 heteroatoms. The van der Waals surface area contributed by atoms with Gasteiger partial charge in [0.15, 0.2) is 0 Å². The Morgan fingerprint density at radius 3 is 2.03 bits per heavy atom. The molecule has 1 N–H and O–H groups in total. The predicted molar refractivity (Wildman–Crippen MR) is 146 cm³/mol. The van der Waals surface area contributed by atoms with Crippen molar-refractivity contribution < 1.29 is 18.0 Å². The second-order valence-electron chi connectivity index (χ2n) is 10.3. The molecule has 2 aromatic carbocycles. The van der Waals surface area contributed by atoms with Gasteiger partial charge in [-0.1, -0.05) is 76.6 Å². The van der Waals surface area contributed by atoms with Crippen LogP contribution in [0.15, 0.2) is 48.5 Å².